The van der Waals surface area contributed by atoms with E-state index in [-0.39, 0.29) is 18.1 Å². The molecule has 1 aromatic carbocycles. The maximum Gasteiger partial charge on any atom is 0.326 e. The van der Waals surface area contributed by atoms with Gasteiger partial charge in [0.1, 0.15) is 18.1 Å². The monoisotopic (exact) mass is 505 g/mol. The molecular weight excluding hydrogens is 474 g/mol. The molecule has 2 aromatic rings. The number of fused-ring (bicyclic) bond motifs is 1. The SMILES string of the molecule is CC(O)C(NC(=O)C(CS)NC(=O)C1CCCN1)C(=O)NC(Cc1c[nH]c2ccccc12)C(=O)O. The molecule has 11 nitrogen and oxygen atoms in total. The second-order valence-corrected chi connectivity index (χ2v) is 8.95. The number of aliphatic carboxylic acids is 1. The van der Waals surface area contributed by atoms with Gasteiger partial charge in [0, 0.05) is 29.3 Å². The lowest BCUT2D eigenvalue weighted by Crippen LogP contribution is -2.60. The van der Waals surface area contributed by atoms with Crippen molar-refractivity contribution in [3.8, 4) is 0 Å². The molecule has 190 valence electrons. The van der Waals surface area contributed by atoms with Gasteiger partial charge in [0.15, 0.2) is 0 Å². The molecule has 0 radical (unpaired) electrons. The van der Waals surface area contributed by atoms with Gasteiger partial charge < -0.3 is 36.5 Å². The van der Waals surface area contributed by atoms with Gasteiger partial charge >= 0.3 is 5.97 Å². The zero-order valence-corrected chi connectivity index (χ0v) is 20.2. The van der Waals surface area contributed by atoms with Crippen molar-refractivity contribution in [2.45, 2.75) is 56.5 Å². The summed E-state index contributed by atoms with van der Waals surface area (Å²) < 4.78 is 0. The van der Waals surface area contributed by atoms with Crippen LogP contribution in [0, 0.1) is 0 Å². The summed E-state index contributed by atoms with van der Waals surface area (Å²) in [5.74, 6) is -3.21. The molecule has 5 atom stereocenters. The van der Waals surface area contributed by atoms with Crippen LogP contribution in [0.4, 0.5) is 0 Å². The first-order valence-electron chi connectivity index (χ1n) is 11.4. The number of H-pyrrole nitrogens is 1. The first kappa shape index (κ1) is 26.5. The number of rotatable bonds is 11. The summed E-state index contributed by atoms with van der Waals surface area (Å²) in [5.41, 5.74) is 1.53. The number of benzene rings is 1. The van der Waals surface area contributed by atoms with Crippen molar-refractivity contribution >= 4 is 47.2 Å². The first-order valence-corrected chi connectivity index (χ1v) is 12.1. The molecule has 0 saturated carbocycles. The summed E-state index contributed by atoms with van der Waals surface area (Å²) in [6.45, 7) is 2.01. The highest BCUT2D eigenvalue weighted by molar-refractivity contribution is 7.80. The molecule has 0 bridgehead atoms. The highest BCUT2D eigenvalue weighted by atomic mass is 32.1. The summed E-state index contributed by atoms with van der Waals surface area (Å²) in [5, 5.41) is 31.1. The number of nitrogens with one attached hydrogen (secondary N) is 5. The van der Waals surface area contributed by atoms with Crippen LogP contribution in [0.3, 0.4) is 0 Å². The third-order valence-electron chi connectivity index (χ3n) is 5.97. The summed E-state index contributed by atoms with van der Waals surface area (Å²) in [7, 11) is 0. The molecule has 2 heterocycles. The van der Waals surface area contributed by atoms with E-state index >= 15 is 0 Å². The molecule has 12 heteroatoms. The predicted molar refractivity (Wildman–Crippen MR) is 132 cm³/mol. The molecular formula is C23H31N5O6S. The smallest absolute Gasteiger partial charge is 0.326 e. The van der Waals surface area contributed by atoms with Gasteiger partial charge in [-0.15, -0.1) is 0 Å². The van der Waals surface area contributed by atoms with Crippen molar-refractivity contribution in [2.75, 3.05) is 12.3 Å². The van der Waals surface area contributed by atoms with Crippen LogP contribution in [0.1, 0.15) is 25.3 Å². The average molecular weight is 506 g/mol. The Hall–Kier alpha value is -3.09. The lowest BCUT2D eigenvalue weighted by atomic mass is 10.0. The minimum Gasteiger partial charge on any atom is -0.480 e. The summed E-state index contributed by atoms with van der Waals surface area (Å²) >= 11 is 4.12. The molecule has 35 heavy (non-hydrogen) atoms. The van der Waals surface area contributed by atoms with E-state index in [9.17, 15) is 29.4 Å². The number of carboxylic acid groups (broad SMARTS) is 1. The Morgan fingerprint density at radius 1 is 1.11 bits per heavy atom. The Bertz CT molecular complexity index is 1070. The van der Waals surface area contributed by atoms with E-state index in [0.29, 0.717) is 18.5 Å². The van der Waals surface area contributed by atoms with Gasteiger partial charge in [-0.3, -0.25) is 14.4 Å². The van der Waals surface area contributed by atoms with Gasteiger partial charge in [0.25, 0.3) is 0 Å². The van der Waals surface area contributed by atoms with Gasteiger partial charge in [0.2, 0.25) is 17.7 Å². The van der Waals surface area contributed by atoms with Gasteiger partial charge in [-0.2, -0.15) is 12.6 Å². The normalized spacial score (nSPS) is 18.9. The van der Waals surface area contributed by atoms with Crippen LogP contribution in [-0.4, -0.2) is 81.5 Å². The molecule has 3 rings (SSSR count). The number of carboxylic acids is 1. The number of hydrogen-bond acceptors (Lipinski definition) is 7. The van der Waals surface area contributed by atoms with Crippen molar-refractivity contribution in [3.05, 3.63) is 36.0 Å². The number of para-hydroxylation sites is 1. The van der Waals surface area contributed by atoms with Crippen molar-refractivity contribution in [1.29, 1.82) is 0 Å². The number of amides is 3. The second kappa shape index (κ2) is 12.0. The molecule has 1 aliphatic rings. The number of aromatic nitrogens is 1. The van der Waals surface area contributed by atoms with Crippen molar-refractivity contribution in [1.82, 2.24) is 26.3 Å². The minimum absolute atomic E-state index is 0.00469. The third kappa shape index (κ3) is 6.74. The van der Waals surface area contributed by atoms with E-state index in [1.54, 1.807) is 6.20 Å². The highest BCUT2D eigenvalue weighted by Gasteiger charge is 2.33. The van der Waals surface area contributed by atoms with Crippen LogP contribution in [-0.2, 0) is 25.6 Å². The molecule has 1 saturated heterocycles. The molecule has 1 aliphatic heterocycles. The van der Waals surface area contributed by atoms with E-state index < -0.39 is 48.1 Å². The maximum absolute atomic E-state index is 12.9. The van der Waals surface area contributed by atoms with Crippen LogP contribution in [0.5, 0.6) is 0 Å². The number of aliphatic hydroxyl groups excluding tert-OH is 1. The zero-order valence-electron chi connectivity index (χ0n) is 19.3. The lowest BCUT2D eigenvalue weighted by Gasteiger charge is -2.26. The van der Waals surface area contributed by atoms with E-state index in [1.807, 2.05) is 24.3 Å². The van der Waals surface area contributed by atoms with Gasteiger partial charge in [0.05, 0.1) is 12.1 Å². The minimum atomic E-state index is -1.43. The molecule has 3 amide bonds. The van der Waals surface area contributed by atoms with Crippen LogP contribution >= 0.6 is 12.6 Å². The molecule has 5 unspecified atom stereocenters. The molecule has 1 aromatic heterocycles. The van der Waals surface area contributed by atoms with E-state index in [0.717, 1.165) is 17.3 Å². The quantitative estimate of drug-likeness (QED) is 0.187. The van der Waals surface area contributed by atoms with Crippen LogP contribution in [0.15, 0.2) is 30.5 Å². The van der Waals surface area contributed by atoms with Crippen molar-refractivity contribution < 1.29 is 29.4 Å². The lowest BCUT2D eigenvalue weighted by molar-refractivity contribution is -0.143. The fourth-order valence-electron chi connectivity index (χ4n) is 4.02. The van der Waals surface area contributed by atoms with E-state index in [4.69, 9.17) is 0 Å². The number of hydrogen-bond donors (Lipinski definition) is 8. The largest absolute Gasteiger partial charge is 0.480 e. The number of carbonyl (C=O) groups excluding carboxylic acids is 3. The summed E-state index contributed by atoms with van der Waals surface area (Å²) in [4.78, 5) is 52.9. The molecule has 0 aliphatic carbocycles. The molecule has 0 spiro atoms. The number of aromatic amines is 1. The Morgan fingerprint density at radius 3 is 2.49 bits per heavy atom. The Morgan fingerprint density at radius 2 is 1.86 bits per heavy atom. The molecule has 7 N–H and O–H groups in total. The summed E-state index contributed by atoms with van der Waals surface area (Å²) in [6.07, 6.45) is 1.85. The number of carbonyl (C=O) groups is 4. The highest BCUT2D eigenvalue weighted by Crippen LogP contribution is 2.19. The average Bonchev–Trinajstić information content (AvgIpc) is 3.50. The fraction of sp³-hybridized carbons (Fsp3) is 0.478. The van der Waals surface area contributed by atoms with Gasteiger partial charge in [-0.1, -0.05) is 18.2 Å². The number of thiol groups is 1. The Kier molecular flexibility index (Phi) is 9.13. The Labute approximate surface area is 207 Å². The third-order valence-corrected chi connectivity index (χ3v) is 6.33. The summed E-state index contributed by atoms with van der Waals surface area (Å²) in [6, 6.07) is 3.20. The standard InChI is InChI=1S/C23H31N5O6S/c1-12(29)19(28-21(31)18(11-35)27-20(30)16-7-4-8-24-16)22(32)26-17(23(33)34)9-13-10-25-15-6-3-2-5-14(13)15/h2-3,5-6,10,12,16-19,24-25,29,35H,4,7-9,11H2,1H3,(H,26,32)(H,27,30)(H,28,31)(H,33,34). The van der Waals surface area contributed by atoms with Crippen LogP contribution < -0.4 is 21.3 Å². The van der Waals surface area contributed by atoms with Crippen molar-refractivity contribution in [3.63, 3.8) is 0 Å². The van der Waals surface area contributed by atoms with E-state index in [1.165, 1.54) is 6.92 Å². The van der Waals surface area contributed by atoms with E-state index in [2.05, 4.69) is 38.9 Å². The molecule has 1 fully saturated rings. The maximum atomic E-state index is 12.9. The topological polar surface area (TPSA) is 173 Å². The Balaban J connectivity index is 1.66. The van der Waals surface area contributed by atoms with Gasteiger partial charge in [-0.25, -0.2) is 4.79 Å². The zero-order chi connectivity index (χ0) is 25.5. The second-order valence-electron chi connectivity index (χ2n) is 8.58. The first-order chi connectivity index (χ1) is 16.7. The number of aliphatic hydroxyl groups is 1. The van der Waals surface area contributed by atoms with Crippen LogP contribution in [0.2, 0.25) is 0 Å². The fourth-order valence-corrected chi connectivity index (χ4v) is 4.27. The predicted octanol–water partition coefficient (Wildman–Crippen LogP) is -0.688. The van der Waals surface area contributed by atoms with Gasteiger partial charge in [-0.05, 0) is 37.9 Å². The van der Waals surface area contributed by atoms with Crippen LogP contribution in [0.25, 0.3) is 10.9 Å². The van der Waals surface area contributed by atoms with Crippen molar-refractivity contribution in [2.24, 2.45) is 0 Å².